The minimum Gasteiger partial charge on any atom is -0.340 e. The van der Waals surface area contributed by atoms with Crippen LogP contribution in [0.3, 0.4) is 0 Å². The van der Waals surface area contributed by atoms with Crippen LogP contribution in [0.2, 0.25) is 5.02 Å². The maximum atomic E-state index is 13.0. The van der Waals surface area contributed by atoms with E-state index in [4.69, 9.17) is 11.6 Å². The summed E-state index contributed by atoms with van der Waals surface area (Å²) in [6.07, 6.45) is 3.27. The molecule has 2 aromatic rings. The van der Waals surface area contributed by atoms with E-state index in [9.17, 15) is 9.59 Å². The number of benzene rings is 2. The van der Waals surface area contributed by atoms with E-state index in [0.717, 1.165) is 24.8 Å². The summed E-state index contributed by atoms with van der Waals surface area (Å²) >= 11 is 5.94. The van der Waals surface area contributed by atoms with E-state index in [1.807, 2.05) is 36.4 Å². The van der Waals surface area contributed by atoms with E-state index >= 15 is 0 Å². The van der Waals surface area contributed by atoms with Crippen molar-refractivity contribution >= 4 is 23.5 Å². The Morgan fingerprint density at radius 3 is 2.41 bits per heavy atom. The van der Waals surface area contributed by atoms with Gasteiger partial charge in [0, 0.05) is 31.2 Å². The summed E-state index contributed by atoms with van der Waals surface area (Å²) in [5, 5.41) is 3.83. The lowest BCUT2D eigenvalue weighted by Gasteiger charge is -2.29. The maximum absolute atomic E-state index is 13.0. The van der Waals surface area contributed by atoms with Gasteiger partial charge < -0.3 is 15.1 Å². The number of carbonyl (C=O) groups is 2. The van der Waals surface area contributed by atoms with Gasteiger partial charge in [-0.25, -0.2) is 4.79 Å². The minimum absolute atomic E-state index is 0.0118. The number of rotatable bonds is 4. The third kappa shape index (κ3) is 4.40. The van der Waals surface area contributed by atoms with Gasteiger partial charge in [0.25, 0.3) is 0 Å². The first-order valence-electron chi connectivity index (χ1n) is 10.1. The molecule has 3 amide bonds. The Balaban J connectivity index is 1.36. The molecule has 0 unspecified atom stereocenters. The van der Waals surface area contributed by atoms with Crippen molar-refractivity contribution in [3.63, 3.8) is 0 Å². The molecule has 1 aliphatic carbocycles. The van der Waals surface area contributed by atoms with Gasteiger partial charge in [0.15, 0.2) is 0 Å². The van der Waals surface area contributed by atoms with Crippen molar-refractivity contribution in [2.75, 3.05) is 13.6 Å². The Morgan fingerprint density at radius 2 is 1.76 bits per heavy atom. The van der Waals surface area contributed by atoms with Gasteiger partial charge in [-0.2, -0.15) is 0 Å². The summed E-state index contributed by atoms with van der Waals surface area (Å²) in [4.78, 5) is 29.4. The van der Waals surface area contributed by atoms with Crippen LogP contribution in [-0.4, -0.2) is 47.4 Å². The largest absolute Gasteiger partial charge is 0.340 e. The summed E-state index contributed by atoms with van der Waals surface area (Å²) in [7, 11) is 1.79. The predicted octanol–water partition coefficient (Wildman–Crippen LogP) is 3.64. The number of hydrogen-bond donors (Lipinski definition) is 1. The number of hydrogen-bond acceptors (Lipinski definition) is 2. The van der Waals surface area contributed by atoms with Crippen LogP contribution in [0.1, 0.15) is 29.5 Å². The number of likely N-dealkylation sites (N-methyl/N-ethyl adjacent to an activating group) is 1. The van der Waals surface area contributed by atoms with E-state index < -0.39 is 6.04 Å². The highest BCUT2D eigenvalue weighted by Gasteiger charge is 2.36. The standard InChI is InChI=1S/C23H26ClN3O2/c1-26(15-16-8-10-19(24)11-9-16)22(28)21-7-4-12-27(21)23(29)25-20-13-17-5-2-3-6-18(17)14-20/h2-3,5-6,8-11,20-21H,4,7,12-15H2,1H3,(H,25,29)/t21-/m1/s1. The van der Waals surface area contributed by atoms with Gasteiger partial charge in [0.1, 0.15) is 6.04 Å². The number of nitrogens with zero attached hydrogens (tertiary/aromatic N) is 2. The number of carbonyl (C=O) groups excluding carboxylic acids is 2. The molecule has 0 saturated carbocycles. The van der Waals surface area contributed by atoms with Crippen LogP contribution >= 0.6 is 11.6 Å². The van der Waals surface area contributed by atoms with Crippen molar-refractivity contribution in [1.29, 1.82) is 0 Å². The summed E-state index contributed by atoms with van der Waals surface area (Å²) in [5.41, 5.74) is 3.62. The van der Waals surface area contributed by atoms with Crippen molar-refractivity contribution in [2.45, 2.75) is 44.3 Å². The van der Waals surface area contributed by atoms with E-state index in [0.29, 0.717) is 24.5 Å². The molecule has 29 heavy (non-hydrogen) atoms. The van der Waals surface area contributed by atoms with Crippen LogP contribution in [-0.2, 0) is 24.2 Å². The fraction of sp³-hybridized carbons (Fsp3) is 0.391. The maximum Gasteiger partial charge on any atom is 0.318 e. The molecule has 0 spiro atoms. The smallest absolute Gasteiger partial charge is 0.318 e. The molecule has 2 aliphatic rings. The molecule has 1 N–H and O–H groups in total. The molecular weight excluding hydrogens is 386 g/mol. The number of likely N-dealkylation sites (tertiary alicyclic amines) is 1. The zero-order valence-corrected chi connectivity index (χ0v) is 17.4. The molecule has 6 heteroatoms. The molecular formula is C23H26ClN3O2. The molecule has 152 valence electrons. The highest BCUT2D eigenvalue weighted by Crippen LogP contribution is 2.24. The monoisotopic (exact) mass is 411 g/mol. The normalized spacial score (nSPS) is 18.6. The Kier molecular flexibility index (Phi) is 5.76. The number of nitrogens with one attached hydrogen (secondary N) is 1. The second-order valence-corrected chi connectivity index (χ2v) is 8.43. The van der Waals surface area contributed by atoms with Crippen LogP contribution in [0.4, 0.5) is 4.79 Å². The van der Waals surface area contributed by atoms with E-state index in [1.165, 1.54) is 11.1 Å². The van der Waals surface area contributed by atoms with Crippen molar-refractivity contribution in [1.82, 2.24) is 15.1 Å². The lowest BCUT2D eigenvalue weighted by Crippen LogP contribution is -2.52. The van der Waals surface area contributed by atoms with Crippen LogP contribution in [0.25, 0.3) is 0 Å². The predicted molar refractivity (Wildman–Crippen MR) is 114 cm³/mol. The van der Waals surface area contributed by atoms with Gasteiger partial charge in [-0.3, -0.25) is 4.79 Å². The third-order valence-corrected chi connectivity index (χ3v) is 6.14. The second kappa shape index (κ2) is 8.46. The number of halogens is 1. The van der Waals surface area contributed by atoms with E-state index in [2.05, 4.69) is 17.4 Å². The molecule has 1 heterocycles. The zero-order chi connectivity index (χ0) is 20.4. The topological polar surface area (TPSA) is 52.7 Å². The molecule has 4 rings (SSSR count). The van der Waals surface area contributed by atoms with E-state index in [1.54, 1.807) is 16.8 Å². The van der Waals surface area contributed by atoms with Gasteiger partial charge in [0.2, 0.25) is 5.91 Å². The summed E-state index contributed by atoms with van der Waals surface area (Å²) in [6, 6.07) is 15.4. The highest BCUT2D eigenvalue weighted by molar-refractivity contribution is 6.30. The molecule has 5 nitrogen and oxygen atoms in total. The molecule has 1 saturated heterocycles. The van der Waals surface area contributed by atoms with Gasteiger partial charge in [0.05, 0.1) is 0 Å². The van der Waals surface area contributed by atoms with Crippen molar-refractivity contribution in [3.8, 4) is 0 Å². The SMILES string of the molecule is CN(Cc1ccc(Cl)cc1)C(=O)[C@H]1CCCN1C(=O)NC1Cc2ccccc2C1. The minimum atomic E-state index is -0.393. The van der Waals surface area contributed by atoms with E-state index in [-0.39, 0.29) is 18.0 Å². The quantitative estimate of drug-likeness (QED) is 0.835. The average molecular weight is 412 g/mol. The fourth-order valence-electron chi connectivity index (χ4n) is 4.38. The Morgan fingerprint density at radius 1 is 1.10 bits per heavy atom. The Labute approximate surface area is 176 Å². The highest BCUT2D eigenvalue weighted by atomic mass is 35.5. The van der Waals surface area contributed by atoms with Crippen molar-refractivity contribution in [3.05, 3.63) is 70.2 Å². The first-order valence-corrected chi connectivity index (χ1v) is 10.5. The molecule has 1 fully saturated rings. The van der Waals surface area contributed by atoms with Crippen LogP contribution < -0.4 is 5.32 Å². The average Bonchev–Trinajstić information content (AvgIpc) is 3.35. The van der Waals surface area contributed by atoms with Crippen molar-refractivity contribution in [2.24, 2.45) is 0 Å². The van der Waals surface area contributed by atoms with Crippen molar-refractivity contribution < 1.29 is 9.59 Å². The summed E-state index contributed by atoms with van der Waals surface area (Å²) in [6.45, 7) is 1.12. The van der Waals surface area contributed by atoms with Gasteiger partial charge in [-0.05, 0) is 54.5 Å². The molecule has 2 aromatic carbocycles. The Hall–Kier alpha value is -2.53. The number of amides is 3. The van der Waals surface area contributed by atoms with Gasteiger partial charge in [-0.1, -0.05) is 48.0 Å². The number of fused-ring (bicyclic) bond motifs is 1. The molecule has 1 atom stereocenters. The van der Waals surface area contributed by atoms with Gasteiger partial charge in [-0.15, -0.1) is 0 Å². The first kappa shape index (κ1) is 19.8. The summed E-state index contributed by atoms with van der Waals surface area (Å²) < 4.78 is 0. The molecule has 0 aromatic heterocycles. The molecule has 0 bridgehead atoms. The Bertz CT molecular complexity index is 874. The zero-order valence-electron chi connectivity index (χ0n) is 16.6. The lowest BCUT2D eigenvalue weighted by molar-refractivity contribution is -0.134. The van der Waals surface area contributed by atoms with Crippen LogP contribution in [0.5, 0.6) is 0 Å². The fourth-order valence-corrected chi connectivity index (χ4v) is 4.51. The summed E-state index contributed by atoms with van der Waals surface area (Å²) in [5.74, 6) is -0.0118. The molecule has 0 radical (unpaired) electrons. The molecule has 1 aliphatic heterocycles. The lowest BCUT2D eigenvalue weighted by atomic mass is 10.1. The third-order valence-electron chi connectivity index (χ3n) is 5.89. The second-order valence-electron chi connectivity index (χ2n) is 8.00. The van der Waals surface area contributed by atoms with Gasteiger partial charge >= 0.3 is 6.03 Å². The number of urea groups is 1. The van der Waals surface area contributed by atoms with Crippen LogP contribution in [0.15, 0.2) is 48.5 Å². The van der Waals surface area contributed by atoms with Crippen LogP contribution in [0, 0.1) is 0 Å². The first-order chi connectivity index (χ1) is 14.0.